The quantitative estimate of drug-likeness (QED) is 0.797. The van der Waals surface area contributed by atoms with Gasteiger partial charge in [-0.25, -0.2) is 12.8 Å². The minimum absolute atomic E-state index is 0.0487. The number of sulfonamides is 1. The van der Waals surface area contributed by atoms with E-state index < -0.39 is 10.0 Å². The molecule has 0 atom stereocenters. The van der Waals surface area contributed by atoms with Crippen molar-refractivity contribution in [2.75, 3.05) is 20.1 Å². The molecule has 0 unspecified atom stereocenters. The first kappa shape index (κ1) is 19.1. The molecule has 0 fully saturated rings. The molecule has 1 aromatic carbocycles. The lowest BCUT2D eigenvalue weighted by Gasteiger charge is -2.17. The number of aryl methyl sites for hydroxylation is 2. The summed E-state index contributed by atoms with van der Waals surface area (Å²) in [5.74, 6) is -0.408. The summed E-state index contributed by atoms with van der Waals surface area (Å²) in [7, 11) is -2.31. The van der Waals surface area contributed by atoms with Gasteiger partial charge in [-0.2, -0.15) is 4.31 Å². The normalized spacial score (nSPS) is 11.7. The smallest absolute Gasteiger partial charge is 0.248 e. The molecule has 0 saturated heterocycles. The molecule has 0 bridgehead atoms. The van der Waals surface area contributed by atoms with Gasteiger partial charge in [-0.15, -0.1) is 0 Å². The summed E-state index contributed by atoms with van der Waals surface area (Å²) in [6.07, 6.45) is 0.0978. The van der Waals surface area contributed by atoms with Gasteiger partial charge in [0.25, 0.3) is 0 Å². The number of nitrogens with one attached hydrogen (secondary N) is 1. The number of hydrogen-bond acceptors (Lipinski definition) is 5. The molecular formula is C16H20FN3O4S. The summed E-state index contributed by atoms with van der Waals surface area (Å²) < 4.78 is 43.9. The number of aromatic nitrogens is 1. The third kappa shape index (κ3) is 4.64. The van der Waals surface area contributed by atoms with Crippen LogP contribution >= 0.6 is 0 Å². The summed E-state index contributed by atoms with van der Waals surface area (Å²) in [6.45, 7) is 3.34. The van der Waals surface area contributed by atoms with E-state index in [1.165, 1.54) is 38.2 Å². The summed E-state index contributed by atoms with van der Waals surface area (Å²) >= 11 is 0. The van der Waals surface area contributed by atoms with Gasteiger partial charge >= 0.3 is 0 Å². The first-order valence-corrected chi connectivity index (χ1v) is 9.06. The second kappa shape index (κ2) is 7.75. The summed E-state index contributed by atoms with van der Waals surface area (Å²) in [5.41, 5.74) is 0.972. The molecule has 0 spiro atoms. The number of likely N-dealkylation sites (N-methyl/N-ethyl adjacent to an activating group) is 1. The van der Waals surface area contributed by atoms with Gasteiger partial charge in [-0.05, 0) is 31.5 Å². The topological polar surface area (TPSA) is 92.5 Å². The van der Waals surface area contributed by atoms with E-state index in [-0.39, 0.29) is 41.9 Å². The predicted molar refractivity (Wildman–Crippen MR) is 88.9 cm³/mol. The zero-order valence-electron chi connectivity index (χ0n) is 14.2. The minimum atomic E-state index is -3.73. The minimum Gasteiger partial charge on any atom is -0.360 e. The fraction of sp³-hybridized carbons (Fsp3) is 0.375. The molecular weight excluding hydrogens is 349 g/mol. The molecule has 25 heavy (non-hydrogen) atoms. The predicted octanol–water partition coefficient (Wildman–Crippen LogP) is 1.41. The third-order valence-electron chi connectivity index (χ3n) is 3.66. The molecule has 1 N–H and O–H groups in total. The molecule has 1 amide bonds. The van der Waals surface area contributed by atoms with Gasteiger partial charge in [-0.1, -0.05) is 17.3 Å². The number of benzene rings is 1. The van der Waals surface area contributed by atoms with Crippen LogP contribution in [0.3, 0.4) is 0 Å². The summed E-state index contributed by atoms with van der Waals surface area (Å²) in [6, 6.07) is 5.63. The highest BCUT2D eigenvalue weighted by atomic mass is 32.2. The molecule has 0 aliphatic heterocycles. The largest absolute Gasteiger partial charge is 0.360 e. The highest BCUT2D eigenvalue weighted by Crippen LogP contribution is 2.21. The van der Waals surface area contributed by atoms with Crippen LogP contribution in [0, 0.1) is 19.7 Å². The maximum Gasteiger partial charge on any atom is 0.248 e. The average molecular weight is 369 g/mol. The maximum absolute atomic E-state index is 12.8. The van der Waals surface area contributed by atoms with Crippen molar-refractivity contribution < 1.29 is 22.1 Å². The Kier molecular flexibility index (Phi) is 5.91. The molecule has 2 rings (SSSR count). The van der Waals surface area contributed by atoms with Gasteiger partial charge in [0.1, 0.15) is 16.4 Å². The molecule has 9 heteroatoms. The number of rotatable bonds is 7. The molecule has 1 heterocycles. The van der Waals surface area contributed by atoms with Crippen LogP contribution in [-0.2, 0) is 21.2 Å². The fourth-order valence-electron chi connectivity index (χ4n) is 2.32. The third-order valence-corrected chi connectivity index (χ3v) is 5.76. The van der Waals surface area contributed by atoms with Crippen LogP contribution in [0.4, 0.5) is 4.39 Å². The van der Waals surface area contributed by atoms with E-state index in [2.05, 4.69) is 10.5 Å². The van der Waals surface area contributed by atoms with Crippen molar-refractivity contribution >= 4 is 15.9 Å². The van der Waals surface area contributed by atoms with Crippen molar-refractivity contribution in [2.45, 2.75) is 25.2 Å². The van der Waals surface area contributed by atoms with E-state index in [0.717, 1.165) is 4.31 Å². The lowest BCUT2D eigenvalue weighted by Crippen LogP contribution is -2.37. The van der Waals surface area contributed by atoms with E-state index in [1.807, 2.05) is 0 Å². The molecule has 0 aliphatic rings. The second-order valence-electron chi connectivity index (χ2n) is 5.63. The molecule has 0 radical (unpaired) electrons. The Balaban J connectivity index is 1.88. The van der Waals surface area contributed by atoms with E-state index in [0.29, 0.717) is 11.3 Å². The Morgan fingerprint density at radius 3 is 2.48 bits per heavy atom. The van der Waals surface area contributed by atoms with Crippen LogP contribution < -0.4 is 5.32 Å². The molecule has 2 aromatic rings. The van der Waals surface area contributed by atoms with E-state index in [9.17, 15) is 17.6 Å². The zero-order chi connectivity index (χ0) is 18.6. The number of carbonyl (C=O) groups is 1. The Labute approximate surface area is 145 Å². The van der Waals surface area contributed by atoms with Gasteiger partial charge in [0.15, 0.2) is 5.76 Å². The van der Waals surface area contributed by atoms with Crippen molar-refractivity contribution in [1.82, 2.24) is 14.8 Å². The molecule has 7 nitrogen and oxygen atoms in total. The molecule has 136 valence electrons. The van der Waals surface area contributed by atoms with E-state index in [4.69, 9.17) is 4.52 Å². The lowest BCUT2D eigenvalue weighted by atomic mass is 10.1. The molecule has 0 saturated carbocycles. The zero-order valence-corrected chi connectivity index (χ0v) is 15.1. The van der Waals surface area contributed by atoms with Crippen LogP contribution in [-0.4, -0.2) is 43.9 Å². The van der Waals surface area contributed by atoms with Crippen molar-refractivity contribution in [3.05, 3.63) is 47.1 Å². The van der Waals surface area contributed by atoms with Gasteiger partial charge < -0.3 is 9.84 Å². The maximum atomic E-state index is 12.8. The number of hydrogen-bond donors (Lipinski definition) is 1. The Hall–Kier alpha value is -2.26. The first-order chi connectivity index (χ1) is 11.7. The van der Waals surface area contributed by atoms with Crippen molar-refractivity contribution in [2.24, 2.45) is 0 Å². The van der Waals surface area contributed by atoms with Gasteiger partial charge in [-0.3, -0.25) is 4.79 Å². The highest BCUT2D eigenvalue weighted by molar-refractivity contribution is 7.89. The van der Waals surface area contributed by atoms with E-state index >= 15 is 0 Å². The summed E-state index contributed by atoms with van der Waals surface area (Å²) in [5, 5.41) is 6.29. The van der Waals surface area contributed by atoms with Gasteiger partial charge in [0, 0.05) is 20.1 Å². The molecule has 0 aliphatic carbocycles. The van der Waals surface area contributed by atoms with Crippen LogP contribution in [0.5, 0.6) is 0 Å². The number of nitrogens with zero attached hydrogens (tertiary/aromatic N) is 2. The highest BCUT2D eigenvalue weighted by Gasteiger charge is 2.28. The average Bonchev–Trinajstić information content (AvgIpc) is 2.89. The number of amides is 1. The lowest BCUT2D eigenvalue weighted by molar-refractivity contribution is -0.120. The van der Waals surface area contributed by atoms with Crippen molar-refractivity contribution in [3.63, 3.8) is 0 Å². The van der Waals surface area contributed by atoms with Crippen molar-refractivity contribution in [1.29, 1.82) is 0 Å². The molecule has 1 aromatic heterocycles. The van der Waals surface area contributed by atoms with Gasteiger partial charge in [0.05, 0.1) is 6.42 Å². The SMILES string of the molecule is Cc1noc(C)c1S(=O)(=O)N(C)CCNC(=O)Cc1ccc(F)cc1. The van der Waals surface area contributed by atoms with Crippen LogP contribution in [0.15, 0.2) is 33.7 Å². The number of halogens is 1. The van der Waals surface area contributed by atoms with Crippen molar-refractivity contribution in [3.8, 4) is 0 Å². The first-order valence-electron chi connectivity index (χ1n) is 7.62. The Morgan fingerprint density at radius 1 is 1.28 bits per heavy atom. The van der Waals surface area contributed by atoms with Crippen LogP contribution in [0.1, 0.15) is 17.0 Å². The Morgan fingerprint density at radius 2 is 1.92 bits per heavy atom. The monoisotopic (exact) mass is 369 g/mol. The Bertz CT molecular complexity index is 827. The summed E-state index contributed by atoms with van der Waals surface area (Å²) in [4.78, 5) is 11.9. The second-order valence-corrected chi connectivity index (χ2v) is 7.61. The van der Waals surface area contributed by atoms with Gasteiger partial charge in [0.2, 0.25) is 15.9 Å². The number of carbonyl (C=O) groups excluding carboxylic acids is 1. The fourth-order valence-corrected chi connectivity index (χ4v) is 3.78. The standard InChI is InChI=1S/C16H20FN3O4S/c1-11-16(12(2)24-19-11)25(22,23)20(3)9-8-18-15(21)10-13-4-6-14(17)7-5-13/h4-7H,8-10H2,1-3H3,(H,18,21). The van der Waals surface area contributed by atoms with Crippen LogP contribution in [0.25, 0.3) is 0 Å². The van der Waals surface area contributed by atoms with Crippen LogP contribution in [0.2, 0.25) is 0 Å². The van der Waals surface area contributed by atoms with E-state index in [1.54, 1.807) is 6.92 Å².